The largest absolute Gasteiger partial charge is 0.507 e. The van der Waals surface area contributed by atoms with Gasteiger partial charge < -0.3 is 24.8 Å². The zero-order chi connectivity index (χ0) is 22.1. The number of phenols is 1. The summed E-state index contributed by atoms with van der Waals surface area (Å²) >= 11 is 0. The summed E-state index contributed by atoms with van der Waals surface area (Å²) in [5.41, 5.74) is 1.07. The molecule has 2 atom stereocenters. The van der Waals surface area contributed by atoms with Gasteiger partial charge in [-0.15, -0.1) is 0 Å². The molecule has 1 aromatic heterocycles. The Labute approximate surface area is 184 Å². The number of hydrogen-bond donors (Lipinski definition) is 2. The molecule has 0 radical (unpaired) electrons. The zero-order valence-electron chi connectivity index (χ0n) is 17.3. The summed E-state index contributed by atoms with van der Waals surface area (Å²) in [6, 6.07) is 11.1. The first kappa shape index (κ1) is 20.4. The Hall–Kier alpha value is -3.46. The molecule has 2 aromatic carbocycles. The number of aromatic nitrogens is 2. The highest BCUT2D eigenvalue weighted by atomic mass is 19.1. The molecule has 0 spiro atoms. The fraction of sp³-hybridized carbons (Fsp3) is 0.348. The van der Waals surface area contributed by atoms with Crippen molar-refractivity contribution in [3.63, 3.8) is 0 Å². The second kappa shape index (κ2) is 8.58. The van der Waals surface area contributed by atoms with E-state index in [0.717, 1.165) is 0 Å². The monoisotopic (exact) mass is 438 g/mol. The second-order valence-electron chi connectivity index (χ2n) is 8.02. The van der Waals surface area contributed by atoms with Crippen molar-refractivity contribution in [2.45, 2.75) is 25.0 Å². The summed E-state index contributed by atoms with van der Waals surface area (Å²) in [5.74, 6) is 0.609. The summed E-state index contributed by atoms with van der Waals surface area (Å²) in [5, 5.41) is 13.8. The highest BCUT2D eigenvalue weighted by Crippen LogP contribution is 2.33. The number of benzene rings is 2. The molecule has 3 heterocycles. The van der Waals surface area contributed by atoms with Gasteiger partial charge in [0.2, 0.25) is 0 Å². The first-order valence-electron chi connectivity index (χ1n) is 10.6. The van der Waals surface area contributed by atoms with Gasteiger partial charge in [0.15, 0.2) is 5.82 Å². The molecule has 2 fully saturated rings. The summed E-state index contributed by atoms with van der Waals surface area (Å²) in [7, 11) is 0. The molecule has 2 aliphatic rings. The van der Waals surface area contributed by atoms with Gasteiger partial charge in [0.25, 0.3) is 0 Å². The molecule has 2 saturated heterocycles. The standard InChI is InChI=1S/C23H23FN4O4/c24-14-5-6-19-18(11-14)22(27-21(26-19)17-3-1-2-4-20(17)29)28-9-7-15(12-28)25-23(30)32-16-8-10-31-13-16/h1-6,11,15-16,29H,7-10,12-13H2,(H,25,30)/t15?,16-/m1/s1. The minimum Gasteiger partial charge on any atom is -0.507 e. The number of phenolic OH excluding ortho intramolecular Hbond substituents is 1. The molecule has 32 heavy (non-hydrogen) atoms. The van der Waals surface area contributed by atoms with E-state index in [1.54, 1.807) is 30.3 Å². The smallest absolute Gasteiger partial charge is 0.407 e. The SMILES string of the molecule is O=C(NC1CCN(c2nc(-c3ccccc3O)nc3ccc(F)cc23)C1)O[C@@H]1CCOC1. The number of alkyl carbamates (subject to hydrolysis) is 1. The van der Waals surface area contributed by atoms with Gasteiger partial charge in [-0.25, -0.2) is 19.2 Å². The maximum absolute atomic E-state index is 14.0. The number of aromatic hydroxyl groups is 1. The number of para-hydroxylation sites is 1. The van der Waals surface area contributed by atoms with Gasteiger partial charge in [-0.2, -0.15) is 0 Å². The van der Waals surface area contributed by atoms with Crippen molar-refractivity contribution in [3.05, 3.63) is 48.3 Å². The van der Waals surface area contributed by atoms with Crippen LogP contribution in [0.15, 0.2) is 42.5 Å². The Kier molecular flexibility index (Phi) is 5.48. The predicted molar refractivity (Wildman–Crippen MR) is 116 cm³/mol. The van der Waals surface area contributed by atoms with E-state index in [2.05, 4.69) is 15.3 Å². The molecule has 2 N–H and O–H groups in total. The molecule has 1 unspecified atom stereocenters. The number of rotatable bonds is 4. The van der Waals surface area contributed by atoms with Crippen LogP contribution >= 0.6 is 0 Å². The normalized spacial score (nSPS) is 20.6. The van der Waals surface area contributed by atoms with Crippen LogP contribution in [0.1, 0.15) is 12.8 Å². The Bertz CT molecular complexity index is 1150. The van der Waals surface area contributed by atoms with Gasteiger partial charge in [0, 0.05) is 24.9 Å². The van der Waals surface area contributed by atoms with Crippen molar-refractivity contribution in [1.82, 2.24) is 15.3 Å². The summed E-state index contributed by atoms with van der Waals surface area (Å²) < 4.78 is 24.7. The molecule has 8 nitrogen and oxygen atoms in total. The Morgan fingerprint density at radius 1 is 1.22 bits per heavy atom. The topological polar surface area (TPSA) is 96.8 Å². The maximum Gasteiger partial charge on any atom is 0.407 e. The van der Waals surface area contributed by atoms with Crippen LogP contribution in [-0.2, 0) is 9.47 Å². The molecule has 2 aliphatic heterocycles. The molecule has 0 aliphatic carbocycles. The lowest BCUT2D eigenvalue weighted by Gasteiger charge is -2.21. The van der Waals surface area contributed by atoms with Crippen LogP contribution in [-0.4, -0.2) is 59.6 Å². The number of halogens is 1. The predicted octanol–water partition coefficient (Wildman–Crippen LogP) is 3.24. The molecule has 166 valence electrons. The molecule has 0 bridgehead atoms. The van der Waals surface area contributed by atoms with Crippen LogP contribution in [0, 0.1) is 5.82 Å². The van der Waals surface area contributed by atoms with E-state index in [4.69, 9.17) is 9.47 Å². The van der Waals surface area contributed by atoms with E-state index in [0.29, 0.717) is 67.3 Å². The highest BCUT2D eigenvalue weighted by molar-refractivity contribution is 5.91. The molecular formula is C23H23FN4O4. The first-order valence-corrected chi connectivity index (χ1v) is 10.6. The van der Waals surface area contributed by atoms with Crippen LogP contribution in [0.4, 0.5) is 15.0 Å². The van der Waals surface area contributed by atoms with Crippen LogP contribution < -0.4 is 10.2 Å². The van der Waals surface area contributed by atoms with E-state index in [1.807, 2.05) is 4.90 Å². The van der Waals surface area contributed by atoms with Crippen LogP contribution in [0.3, 0.4) is 0 Å². The number of carbonyl (C=O) groups is 1. The van der Waals surface area contributed by atoms with E-state index in [9.17, 15) is 14.3 Å². The molecule has 1 amide bonds. The fourth-order valence-corrected chi connectivity index (χ4v) is 4.14. The lowest BCUT2D eigenvalue weighted by Crippen LogP contribution is -2.39. The number of hydrogen-bond acceptors (Lipinski definition) is 7. The van der Waals surface area contributed by atoms with Gasteiger partial charge in [-0.05, 0) is 36.8 Å². The van der Waals surface area contributed by atoms with Crippen LogP contribution in [0.25, 0.3) is 22.3 Å². The Balaban J connectivity index is 1.41. The third kappa shape index (κ3) is 4.16. The van der Waals surface area contributed by atoms with Crippen molar-refractivity contribution in [3.8, 4) is 17.1 Å². The summed E-state index contributed by atoms with van der Waals surface area (Å²) in [4.78, 5) is 23.4. The minimum absolute atomic E-state index is 0.0690. The van der Waals surface area contributed by atoms with Gasteiger partial charge in [-0.3, -0.25) is 0 Å². The van der Waals surface area contributed by atoms with E-state index in [-0.39, 0.29) is 23.7 Å². The lowest BCUT2D eigenvalue weighted by molar-refractivity contribution is 0.0813. The van der Waals surface area contributed by atoms with Crippen molar-refractivity contribution < 1.29 is 23.8 Å². The number of amides is 1. The molecular weight excluding hydrogens is 415 g/mol. The summed E-state index contributed by atoms with van der Waals surface area (Å²) in [6.07, 6.45) is 0.740. The molecule has 9 heteroatoms. The van der Waals surface area contributed by atoms with E-state index in [1.165, 1.54) is 12.1 Å². The molecule has 0 saturated carbocycles. The molecule has 3 aromatic rings. The number of anilines is 1. The minimum atomic E-state index is -0.458. The number of nitrogens with zero attached hydrogens (tertiary/aromatic N) is 3. The molecule has 5 rings (SSSR count). The Morgan fingerprint density at radius 3 is 2.91 bits per heavy atom. The van der Waals surface area contributed by atoms with Crippen molar-refractivity contribution in [2.75, 3.05) is 31.2 Å². The zero-order valence-corrected chi connectivity index (χ0v) is 17.3. The second-order valence-corrected chi connectivity index (χ2v) is 8.02. The van der Waals surface area contributed by atoms with Crippen molar-refractivity contribution in [2.24, 2.45) is 0 Å². The fourth-order valence-electron chi connectivity index (χ4n) is 4.14. The maximum atomic E-state index is 14.0. The van der Waals surface area contributed by atoms with Crippen LogP contribution in [0.2, 0.25) is 0 Å². The number of carbonyl (C=O) groups excluding carboxylic acids is 1. The number of fused-ring (bicyclic) bond motifs is 1. The van der Waals surface area contributed by atoms with Gasteiger partial charge >= 0.3 is 6.09 Å². The van der Waals surface area contributed by atoms with Crippen molar-refractivity contribution >= 4 is 22.8 Å². The quantitative estimate of drug-likeness (QED) is 0.646. The van der Waals surface area contributed by atoms with Crippen molar-refractivity contribution in [1.29, 1.82) is 0 Å². The summed E-state index contributed by atoms with van der Waals surface area (Å²) in [6.45, 7) is 2.16. The highest BCUT2D eigenvalue weighted by Gasteiger charge is 2.29. The number of ether oxygens (including phenoxy) is 2. The Morgan fingerprint density at radius 2 is 2.09 bits per heavy atom. The first-order chi connectivity index (χ1) is 15.6. The van der Waals surface area contributed by atoms with Crippen LogP contribution in [0.5, 0.6) is 5.75 Å². The average molecular weight is 438 g/mol. The third-order valence-electron chi connectivity index (χ3n) is 5.75. The van der Waals surface area contributed by atoms with Gasteiger partial charge in [-0.1, -0.05) is 12.1 Å². The van der Waals surface area contributed by atoms with Gasteiger partial charge in [0.1, 0.15) is 23.5 Å². The van der Waals surface area contributed by atoms with E-state index < -0.39 is 6.09 Å². The lowest BCUT2D eigenvalue weighted by atomic mass is 10.1. The average Bonchev–Trinajstić information content (AvgIpc) is 3.45. The van der Waals surface area contributed by atoms with Gasteiger partial charge in [0.05, 0.1) is 30.3 Å². The van der Waals surface area contributed by atoms with E-state index >= 15 is 0 Å². The third-order valence-corrected chi connectivity index (χ3v) is 5.75. The number of nitrogens with one attached hydrogen (secondary N) is 1.